The Bertz CT molecular complexity index is 1190. The normalized spacial score (nSPS) is 11.0. The average molecular weight is 442 g/mol. The van der Waals surface area contributed by atoms with Crippen molar-refractivity contribution in [3.8, 4) is 11.1 Å². The summed E-state index contributed by atoms with van der Waals surface area (Å²) in [6, 6.07) is 12.7. The maximum Gasteiger partial charge on any atom is 0.233 e. The summed E-state index contributed by atoms with van der Waals surface area (Å²) in [4.78, 5) is 23.6. The minimum atomic E-state index is -0.329. The van der Waals surface area contributed by atoms with Gasteiger partial charge in [-0.3, -0.25) is 4.79 Å². The minimum absolute atomic E-state index is 0.131. The molecule has 0 aliphatic rings. The summed E-state index contributed by atoms with van der Waals surface area (Å²) in [5.41, 5.74) is 2.24. The third kappa shape index (κ3) is 4.34. The Morgan fingerprint density at radius 3 is 2.63 bits per heavy atom. The molecule has 2 aromatic heterocycles. The molecule has 0 radical (unpaired) electrons. The van der Waals surface area contributed by atoms with Gasteiger partial charge < -0.3 is 4.90 Å². The third-order valence-electron chi connectivity index (χ3n) is 4.61. The number of hydrogen-bond donors (Lipinski definition) is 0. The van der Waals surface area contributed by atoms with Gasteiger partial charge in [-0.25, -0.2) is 18.7 Å². The lowest BCUT2D eigenvalue weighted by Crippen LogP contribution is -2.28. The van der Waals surface area contributed by atoms with Crippen molar-refractivity contribution < 1.29 is 13.6 Å². The Balaban J connectivity index is 1.52. The molecule has 0 unspecified atom stereocenters. The number of rotatable bonds is 6. The molecule has 4 nitrogen and oxygen atoms in total. The van der Waals surface area contributed by atoms with Crippen LogP contribution in [0.4, 0.5) is 8.78 Å². The van der Waals surface area contributed by atoms with Crippen molar-refractivity contribution in [3.63, 3.8) is 0 Å². The first kappa shape index (κ1) is 20.4. The molecule has 4 aromatic rings. The van der Waals surface area contributed by atoms with Crippen LogP contribution in [0.15, 0.2) is 65.3 Å². The zero-order valence-corrected chi connectivity index (χ0v) is 17.6. The second-order valence-corrected chi connectivity index (χ2v) is 8.47. The van der Waals surface area contributed by atoms with Gasteiger partial charge >= 0.3 is 0 Å². The van der Waals surface area contributed by atoms with E-state index in [4.69, 9.17) is 0 Å². The number of aromatic nitrogens is 2. The molecule has 0 aliphatic heterocycles. The van der Waals surface area contributed by atoms with E-state index < -0.39 is 0 Å². The Morgan fingerprint density at radius 1 is 1.10 bits per heavy atom. The van der Waals surface area contributed by atoms with Crippen LogP contribution in [0, 0.1) is 11.6 Å². The first-order chi connectivity index (χ1) is 14.5. The molecule has 2 heterocycles. The molecule has 0 atom stereocenters. The summed E-state index contributed by atoms with van der Waals surface area (Å²) >= 11 is 2.79. The molecule has 0 saturated heterocycles. The molecule has 0 spiro atoms. The van der Waals surface area contributed by atoms with E-state index in [2.05, 4.69) is 9.97 Å². The van der Waals surface area contributed by atoms with Crippen LogP contribution in [0.5, 0.6) is 0 Å². The molecule has 8 heteroatoms. The van der Waals surface area contributed by atoms with Crippen LogP contribution in [0.3, 0.4) is 0 Å². The van der Waals surface area contributed by atoms with E-state index in [1.165, 1.54) is 52.5 Å². The summed E-state index contributed by atoms with van der Waals surface area (Å²) in [5.74, 6) is -0.596. The number of thiophene rings is 1. The van der Waals surface area contributed by atoms with Gasteiger partial charge in [0, 0.05) is 30.1 Å². The van der Waals surface area contributed by atoms with Crippen molar-refractivity contribution in [1.29, 1.82) is 0 Å². The molecule has 152 valence electrons. The Labute approximate surface area is 180 Å². The largest absolute Gasteiger partial charge is 0.341 e. The van der Waals surface area contributed by atoms with Crippen LogP contribution in [-0.2, 0) is 11.3 Å². The van der Waals surface area contributed by atoms with E-state index in [0.29, 0.717) is 10.6 Å². The van der Waals surface area contributed by atoms with E-state index in [1.807, 2.05) is 5.38 Å². The fourth-order valence-electron chi connectivity index (χ4n) is 3.01. The second-order valence-electron chi connectivity index (χ2n) is 6.65. The smallest absolute Gasteiger partial charge is 0.233 e. The fourth-order valence-corrected chi connectivity index (χ4v) is 4.94. The van der Waals surface area contributed by atoms with Gasteiger partial charge in [0.2, 0.25) is 5.91 Å². The van der Waals surface area contributed by atoms with Crippen molar-refractivity contribution in [1.82, 2.24) is 14.9 Å². The Morgan fingerprint density at radius 2 is 1.87 bits per heavy atom. The topological polar surface area (TPSA) is 46.1 Å². The highest BCUT2D eigenvalue weighted by atomic mass is 32.2. The molecule has 0 aliphatic carbocycles. The fraction of sp³-hybridized carbons (Fsp3) is 0.136. The first-order valence-electron chi connectivity index (χ1n) is 9.11. The maximum atomic E-state index is 13.9. The molecule has 30 heavy (non-hydrogen) atoms. The minimum Gasteiger partial charge on any atom is -0.341 e. The van der Waals surface area contributed by atoms with E-state index >= 15 is 0 Å². The summed E-state index contributed by atoms with van der Waals surface area (Å²) in [6.07, 6.45) is 1.48. The van der Waals surface area contributed by atoms with Crippen molar-refractivity contribution >= 4 is 39.2 Å². The Kier molecular flexibility index (Phi) is 6.06. The second kappa shape index (κ2) is 8.89. The highest BCUT2D eigenvalue weighted by molar-refractivity contribution is 8.00. The van der Waals surface area contributed by atoms with Gasteiger partial charge in [0.1, 0.15) is 27.8 Å². The first-order valence-corrected chi connectivity index (χ1v) is 11.0. The number of carbonyl (C=O) groups excluding carboxylic acids is 1. The zero-order valence-electron chi connectivity index (χ0n) is 16.0. The zero-order chi connectivity index (χ0) is 21.1. The lowest BCUT2D eigenvalue weighted by Gasteiger charge is -2.17. The van der Waals surface area contributed by atoms with Crippen LogP contribution in [-0.4, -0.2) is 33.6 Å². The predicted molar refractivity (Wildman–Crippen MR) is 116 cm³/mol. The molecule has 1 amide bonds. The van der Waals surface area contributed by atoms with Gasteiger partial charge in [0.15, 0.2) is 0 Å². The van der Waals surface area contributed by atoms with Gasteiger partial charge in [0.25, 0.3) is 0 Å². The van der Waals surface area contributed by atoms with E-state index in [1.54, 1.807) is 37.4 Å². The van der Waals surface area contributed by atoms with Crippen LogP contribution >= 0.6 is 23.1 Å². The van der Waals surface area contributed by atoms with Crippen LogP contribution in [0.1, 0.15) is 5.56 Å². The highest BCUT2D eigenvalue weighted by Gasteiger charge is 2.17. The number of amides is 1. The van der Waals surface area contributed by atoms with Crippen molar-refractivity contribution in [2.24, 2.45) is 0 Å². The van der Waals surface area contributed by atoms with Gasteiger partial charge in [-0.05, 0) is 23.8 Å². The lowest BCUT2D eigenvalue weighted by molar-refractivity contribution is -0.127. The summed E-state index contributed by atoms with van der Waals surface area (Å²) < 4.78 is 27.1. The van der Waals surface area contributed by atoms with Crippen molar-refractivity contribution in [2.75, 3.05) is 12.8 Å². The van der Waals surface area contributed by atoms with Crippen molar-refractivity contribution in [3.05, 3.63) is 77.4 Å². The van der Waals surface area contributed by atoms with Crippen LogP contribution < -0.4 is 0 Å². The maximum absolute atomic E-state index is 13.9. The van der Waals surface area contributed by atoms with Gasteiger partial charge in [0.05, 0.1) is 11.1 Å². The molecule has 4 rings (SSSR count). The lowest BCUT2D eigenvalue weighted by atomic mass is 10.1. The number of halogens is 2. The summed E-state index contributed by atoms with van der Waals surface area (Å²) in [7, 11) is 1.65. The number of nitrogens with zero attached hydrogens (tertiary/aromatic N) is 3. The SMILES string of the molecule is CN(Cc1ccccc1F)C(=O)CSc1ncnc2scc(-c3ccc(F)cc3)c12. The van der Waals surface area contributed by atoms with Gasteiger partial charge in [-0.2, -0.15) is 0 Å². The molecule has 0 bridgehead atoms. The summed E-state index contributed by atoms with van der Waals surface area (Å²) in [6.45, 7) is 0.199. The average Bonchev–Trinajstić information content (AvgIpc) is 3.19. The third-order valence-corrected chi connectivity index (χ3v) is 6.47. The summed E-state index contributed by atoms with van der Waals surface area (Å²) in [5, 5.41) is 3.50. The number of thioether (sulfide) groups is 1. The molecule has 0 saturated carbocycles. The van der Waals surface area contributed by atoms with Crippen LogP contribution in [0.25, 0.3) is 21.3 Å². The van der Waals surface area contributed by atoms with Crippen molar-refractivity contribution in [2.45, 2.75) is 11.6 Å². The molecular formula is C22H17F2N3OS2. The molecule has 0 N–H and O–H groups in total. The quantitative estimate of drug-likeness (QED) is 0.297. The monoisotopic (exact) mass is 441 g/mol. The standard InChI is InChI=1S/C22H17F2N3OS2/c1-27(10-15-4-2-3-5-18(15)24)19(28)12-30-22-20-17(11-29-21(20)25-13-26-22)14-6-8-16(23)9-7-14/h2-9,11,13H,10,12H2,1H3. The predicted octanol–water partition coefficient (Wildman–Crippen LogP) is 5.39. The number of carbonyl (C=O) groups is 1. The van der Waals surface area contributed by atoms with Gasteiger partial charge in [-0.1, -0.05) is 42.1 Å². The number of benzene rings is 2. The highest BCUT2D eigenvalue weighted by Crippen LogP contribution is 2.37. The van der Waals surface area contributed by atoms with Gasteiger partial charge in [-0.15, -0.1) is 11.3 Å². The van der Waals surface area contributed by atoms with E-state index in [9.17, 15) is 13.6 Å². The van der Waals surface area contributed by atoms with E-state index in [0.717, 1.165) is 21.3 Å². The number of fused-ring (bicyclic) bond motifs is 1. The Hall–Kier alpha value is -2.84. The number of hydrogen-bond acceptors (Lipinski definition) is 5. The molecule has 0 fully saturated rings. The molecule has 2 aromatic carbocycles. The van der Waals surface area contributed by atoms with E-state index in [-0.39, 0.29) is 29.8 Å². The molecular weight excluding hydrogens is 424 g/mol. The van der Waals surface area contributed by atoms with Crippen LogP contribution in [0.2, 0.25) is 0 Å².